The molecule has 2 fully saturated rings. The molecule has 2 aliphatic rings. The number of amides is 2. The van der Waals surface area contributed by atoms with Gasteiger partial charge in [-0.3, -0.25) is 4.79 Å². The Hall–Kier alpha value is -2.34. The second kappa shape index (κ2) is 8.42. The second-order valence-corrected chi connectivity index (χ2v) is 10.0. The fraction of sp³-hybridized carbons (Fsp3) is 0.500. The van der Waals surface area contributed by atoms with Crippen LogP contribution in [0, 0.1) is 0 Å². The maximum absolute atomic E-state index is 13.3. The van der Waals surface area contributed by atoms with Gasteiger partial charge in [-0.2, -0.15) is 11.3 Å². The van der Waals surface area contributed by atoms with Crippen molar-refractivity contribution in [3.05, 3.63) is 46.7 Å². The van der Waals surface area contributed by atoms with Gasteiger partial charge in [0.2, 0.25) is 0 Å². The molecule has 2 amide bonds. The van der Waals surface area contributed by atoms with E-state index in [4.69, 9.17) is 4.74 Å². The van der Waals surface area contributed by atoms with Crippen molar-refractivity contribution in [3.63, 3.8) is 0 Å². The molecule has 0 N–H and O–H groups in total. The van der Waals surface area contributed by atoms with Crippen molar-refractivity contribution >= 4 is 23.3 Å². The maximum atomic E-state index is 13.3. The Kier molecular flexibility index (Phi) is 5.87. The molecule has 5 nitrogen and oxygen atoms in total. The highest BCUT2D eigenvalue weighted by Crippen LogP contribution is 2.34. The Morgan fingerprint density at radius 1 is 0.967 bits per heavy atom. The first-order valence-electron chi connectivity index (χ1n) is 10.7. The lowest BCUT2D eigenvalue weighted by atomic mass is 10.0. The van der Waals surface area contributed by atoms with Crippen molar-refractivity contribution in [3.8, 4) is 11.1 Å². The van der Waals surface area contributed by atoms with Gasteiger partial charge in [0, 0.05) is 30.7 Å². The van der Waals surface area contributed by atoms with E-state index in [0.29, 0.717) is 19.1 Å². The first-order chi connectivity index (χ1) is 14.3. The quantitative estimate of drug-likeness (QED) is 0.656. The molecule has 1 aromatic heterocycles. The molecule has 0 spiro atoms. The van der Waals surface area contributed by atoms with E-state index in [0.717, 1.165) is 36.8 Å². The number of nitrogens with zero attached hydrogens (tertiary/aromatic N) is 2. The number of hydrogen-bond donors (Lipinski definition) is 0. The van der Waals surface area contributed by atoms with Crippen LogP contribution >= 0.6 is 11.3 Å². The zero-order valence-corrected chi connectivity index (χ0v) is 18.8. The summed E-state index contributed by atoms with van der Waals surface area (Å²) in [6.07, 6.45) is 3.49. The molecule has 160 valence electrons. The lowest BCUT2D eigenvalue weighted by Crippen LogP contribution is -2.50. The van der Waals surface area contributed by atoms with E-state index < -0.39 is 5.60 Å². The summed E-state index contributed by atoms with van der Waals surface area (Å²) in [5.74, 6) is 0.116. The molecule has 1 saturated heterocycles. The van der Waals surface area contributed by atoms with E-state index in [9.17, 15) is 9.59 Å². The smallest absolute Gasteiger partial charge is 0.410 e. The van der Waals surface area contributed by atoms with Crippen molar-refractivity contribution in [1.82, 2.24) is 9.80 Å². The second-order valence-electron chi connectivity index (χ2n) is 9.23. The van der Waals surface area contributed by atoms with Crippen molar-refractivity contribution in [2.45, 2.75) is 64.1 Å². The minimum atomic E-state index is -0.487. The number of thiophene rings is 1. The predicted molar refractivity (Wildman–Crippen MR) is 120 cm³/mol. The van der Waals surface area contributed by atoms with Gasteiger partial charge in [-0.15, -0.1) is 0 Å². The van der Waals surface area contributed by atoms with Crippen molar-refractivity contribution in [2.24, 2.45) is 0 Å². The summed E-state index contributed by atoms with van der Waals surface area (Å²) in [5.41, 5.74) is 2.58. The van der Waals surface area contributed by atoms with Crippen LogP contribution in [-0.4, -0.2) is 52.6 Å². The molecule has 2 aromatic rings. The van der Waals surface area contributed by atoms with E-state index in [2.05, 4.69) is 21.7 Å². The Bertz CT molecular complexity index is 874. The third-order valence-electron chi connectivity index (χ3n) is 5.67. The SMILES string of the molecule is CC(C)(C)OC(=O)N1CCC(N(C(=O)c2ccc(-c3ccsc3)cc2)C2CC2)CC1. The van der Waals surface area contributed by atoms with Crippen LogP contribution in [0.1, 0.15) is 56.8 Å². The molecule has 0 bridgehead atoms. The van der Waals surface area contributed by atoms with Crippen LogP contribution in [0.4, 0.5) is 4.79 Å². The normalized spacial score (nSPS) is 17.6. The molecule has 1 saturated carbocycles. The number of piperidine rings is 1. The minimum Gasteiger partial charge on any atom is -0.444 e. The van der Waals surface area contributed by atoms with Gasteiger partial charge in [0.05, 0.1) is 0 Å². The summed E-state index contributed by atoms with van der Waals surface area (Å²) < 4.78 is 5.50. The number of carbonyl (C=O) groups excluding carboxylic acids is 2. The van der Waals surface area contributed by atoms with Gasteiger partial charge in [-0.05, 0) is 86.5 Å². The zero-order valence-electron chi connectivity index (χ0n) is 18.0. The average Bonchev–Trinajstić information content (AvgIpc) is 3.39. The molecule has 4 rings (SSSR count). The monoisotopic (exact) mass is 426 g/mol. The van der Waals surface area contributed by atoms with Crippen LogP contribution in [0.2, 0.25) is 0 Å². The fourth-order valence-corrected chi connectivity index (χ4v) is 4.68. The van der Waals surface area contributed by atoms with Gasteiger partial charge in [0.15, 0.2) is 0 Å². The Morgan fingerprint density at radius 2 is 1.60 bits per heavy atom. The Morgan fingerprint density at radius 3 is 2.13 bits per heavy atom. The average molecular weight is 427 g/mol. The van der Waals surface area contributed by atoms with E-state index in [1.165, 1.54) is 5.56 Å². The number of benzene rings is 1. The molecule has 0 atom stereocenters. The molecule has 2 heterocycles. The summed E-state index contributed by atoms with van der Waals surface area (Å²) in [6, 6.07) is 10.6. The van der Waals surface area contributed by atoms with E-state index in [1.54, 1.807) is 16.2 Å². The van der Waals surface area contributed by atoms with E-state index >= 15 is 0 Å². The molecular weight excluding hydrogens is 396 g/mol. The Labute approximate surface area is 182 Å². The lowest BCUT2D eigenvalue weighted by molar-refractivity contribution is 0.0142. The summed E-state index contributed by atoms with van der Waals surface area (Å²) in [7, 11) is 0. The molecule has 1 aliphatic carbocycles. The third kappa shape index (κ3) is 4.86. The lowest BCUT2D eigenvalue weighted by Gasteiger charge is -2.39. The highest BCUT2D eigenvalue weighted by molar-refractivity contribution is 7.08. The molecule has 30 heavy (non-hydrogen) atoms. The van der Waals surface area contributed by atoms with Crippen LogP contribution < -0.4 is 0 Å². The summed E-state index contributed by atoms with van der Waals surface area (Å²) >= 11 is 1.67. The van der Waals surface area contributed by atoms with Crippen LogP contribution in [0.25, 0.3) is 11.1 Å². The first-order valence-corrected chi connectivity index (χ1v) is 11.7. The van der Waals surface area contributed by atoms with Gasteiger partial charge in [0.25, 0.3) is 5.91 Å². The van der Waals surface area contributed by atoms with Gasteiger partial charge < -0.3 is 14.5 Å². The standard InChI is InChI=1S/C24H30N2O3S/c1-24(2,3)29-23(28)25-13-10-21(11-14-25)26(20-8-9-20)22(27)18-6-4-17(5-7-18)19-12-15-30-16-19/h4-7,12,15-16,20-21H,8-11,13-14H2,1-3H3. The number of rotatable bonds is 4. The predicted octanol–water partition coefficient (Wildman–Crippen LogP) is 5.42. The summed E-state index contributed by atoms with van der Waals surface area (Å²) in [5, 5.41) is 4.18. The third-order valence-corrected chi connectivity index (χ3v) is 6.35. The largest absolute Gasteiger partial charge is 0.444 e. The van der Waals surface area contributed by atoms with Crippen LogP contribution in [-0.2, 0) is 4.74 Å². The molecule has 1 aromatic carbocycles. The van der Waals surface area contributed by atoms with Gasteiger partial charge >= 0.3 is 6.09 Å². The van der Waals surface area contributed by atoms with Gasteiger partial charge in [-0.1, -0.05) is 12.1 Å². The summed E-state index contributed by atoms with van der Waals surface area (Å²) in [4.78, 5) is 29.6. The number of hydrogen-bond acceptors (Lipinski definition) is 4. The van der Waals surface area contributed by atoms with Crippen LogP contribution in [0.5, 0.6) is 0 Å². The highest BCUT2D eigenvalue weighted by atomic mass is 32.1. The number of likely N-dealkylation sites (tertiary alicyclic amines) is 1. The van der Waals surface area contributed by atoms with Crippen molar-refractivity contribution in [1.29, 1.82) is 0 Å². The maximum Gasteiger partial charge on any atom is 0.410 e. The van der Waals surface area contributed by atoms with Crippen molar-refractivity contribution in [2.75, 3.05) is 13.1 Å². The topological polar surface area (TPSA) is 49.9 Å². The molecule has 1 aliphatic heterocycles. The molecule has 6 heteroatoms. The van der Waals surface area contributed by atoms with Gasteiger partial charge in [0.1, 0.15) is 5.60 Å². The highest BCUT2D eigenvalue weighted by Gasteiger charge is 2.39. The van der Waals surface area contributed by atoms with Crippen LogP contribution in [0.3, 0.4) is 0 Å². The number of carbonyl (C=O) groups is 2. The molecular formula is C24H30N2O3S. The summed E-state index contributed by atoms with van der Waals surface area (Å²) in [6.45, 7) is 6.92. The Balaban J connectivity index is 1.41. The van der Waals surface area contributed by atoms with Gasteiger partial charge in [-0.25, -0.2) is 4.79 Å². The minimum absolute atomic E-state index is 0.116. The van der Waals surface area contributed by atoms with Crippen molar-refractivity contribution < 1.29 is 14.3 Å². The number of ether oxygens (including phenoxy) is 1. The molecule has 0 radical (unpaired) electrons. The van der Waals surface area contributed by atoms with E-state index in [-0.39, 0.29) is 18.0 Å². The fourth-order valence-electron chi connectivity index (χ4n) is 4.02. The first kappa shape index (κ1) is 20.9. The zero-order chi connectivity index (χ0) is 21.3. The van der Waals surface area contributed by atoms with Crippen LogP contribution in [0.15, 0.2) is 41.1 Å². The molecule has 0 unspecified atom stereocenters. The van der Waals surface area contributed by atoms with E-state index in [1.807, 2.05) is 45.0 Å².